The average molecular weight is 295 g/mol. The molecule has 22 heavy (non-hydrogen) atoms. The molecule has 0 saturated heterocycles. The maximum atomic E-state index is 12.0. The molecule has 0 radical (unpaired) electrons. The van der Waals surface area contributed by atoms with Crippen LogP contribution in [0.3, 0.4) is 0 Å². The van der Waals surface area contributed by atoms with E-state index in [0.717, 1.165) is 18.7 Å². The molecule has 6 heteroatoms. The number of rotatable bonds is 6. The van der Waals surface area contributed by atoms with Gasteiger partial charge in [0.15, 0.2) is 0 Å². The second kappa shape index (κ2) is 6.71. The zero-order chi connectivity index (χ0) is 15.2. The van der Waals surface area contributed by atoms with Gasteiger partial charge in [-0.25, -0.2) is 4.98 Å². The predicted molar refractivity (Wildman–Crippen MR) is 82.7 cm³/mol. The Kier molecular flexibility index (Phi) is 4.29. The van der Waals surface area contributed by atoms with Gasteiger partial charge in [0.2, 0.25) is 0 Å². The van der Waals surface area contributed by atoms with Gasteiger partial charge < -0.3 is 9.88 Å². The SMILES string of the molecule is O=C(NCCCn1cccn1)c1cn(-c2ccccc2)cn1. The molecule has 2 aromatic heterocycles. The second-order valence-electron chi connectivity index (χ2n) is 4.88. The van der Waals surface area contributed by atoms with E-state index in [0.29, 0.717) is 12.2 Å². The lowest BCUT2D eigenvalue weighted by atomic mass is 10.3. The molecule has 112 valence electrons. The summed E-state index contributed by atoms with van der Waals surface area (Å²) in [6, 6.07) is 11.7. The molecule has 1 N–H and O–H groups in total. The number of aromatic nitrogens is 4. The summed E-state index contributed by atoms with van der Waals surface area (Å²) in [7, 11) is 0. The van der Waals surface area contributed by atoms with Gasteiger partial charge in [-0.15, -0.1) is 0 Å². The van der Waals surface area contributed by atoms with Crippen LogP contribution in [0.1, 0.15) is 16.9 Å². The van der Waals surface area contributed by atoms with Crippen molar-refractivity contribution in [3.8, 4) is 5.69 Å². The number of hydrogen-bond donors (Lipinski definition) is 1. The normalized spacial score (nSPS) is 10.5. The zero-order valence-corrected chi connectivity index (χ0v) is 12.1. The van der Waals surface area contributed by atoms with Crippen molar-refractivity contribution in [1.29, 1.82) is 0 Å². The van der Waals surface area contributed by atoms with E-state index in [1.807, 2.05) is 51.8 Å². The van der Waals surface area contributed by atoms with E-state index in [2.05, 4.69) is 15.4 Å². The molecule has 0 atom stereocenters. The number of benzene rings is 1. The highest BCUT2D eigenvalue weighted by molar-refractivity contribution is 5.92. The summed E-state index contributed by atoms with van der Waals surface area (Å²) in [6.07, 6.45) is 7.86. The van der Waals surface area contributed by atoms with E-state index in [1.165, 1.54) is 0 Å². The third kappa shape index (κ3) is 3.41. The number of amides is 1. The average Bonchev–Trinajstić information content (AvgIpc) is 3.24. The van der Waals surface area contributed by atoms with E-state index in [9.17, 15) is 4.79 Å². The highest BCUT2D eigenvalue weighted by Gasteiger charge is 2.09. The number of carbonyl (C=O) groups is 1. The standard InChI is InChI=1S/C16H17N5O/c22-16(17-8-4-10-21-11-5-9-19-21)15-12-20(13-18-15)14-6-2-1-3-7-14/h1-3,5-7,9,11-13H,4,8,10H2,(H,17,22). The van der Waals surface area contributed by atoms with Gasteiger partial charge in [-0.1, -0.05) is 18.2 Å². The predicted octanol–water partition coefficient (Wildman–Crippen LogP) is 1.89. The lowest BCUT2D eigenvalue weighted by Crippen LogP contribution is -2.25. The van der Waals surface area contributed by atoms with Crippen LogP contribution in [0.4, 0.5) is 0 Å². The van der Waals surface area contributed by atoms with Crippen LogP contribution in [0.5, 0.6) is 0 Å². The van der Waals surface area contributed by atoms with Gasteiger partial charge in [-0.05, 0) is 24.6 Å². The third-order valence-electron chi connectivity index (χ3n) is 3.28. The van der Waals surface area contributed by atoms with Crippen LogP contribution in [-0.2, 0) is 6.54 Å². The third-order valence-corrected chi connectivity index (χ3v) is 3.28. The van der Waals surface area contributed by atoms with Crippen LogP contribution in [0, 0.1) is 0 Å². The number of imidazole rings is 1. The van der Waals surface area contributed by atoms with E-state index >= 15 is 0 Å². The Morgan fingerprint density at radius 1 is 1.18 bits per heavy atom. The van der Waals surface area contributed by atoms with E-state index < -0.39 is 0 Å². The van der Waals surface area contributed by atoms with Crippen LogP contribution in [-0.4, -0.2) is 31.8 Å². The maximum Gasteiger partial charge on any atom is 0.271 e. The van der Waals surface area contributed by atoms with Crippen molar-refractivity contribution in [2.75, 3.05) is 6.54 Å². The van der Waals surface area contributed by atoms with Gasteiger partial charge in [-0.3, -0.25) is 9.48 Å². The van der Waals surface area contributed by atoms with Crippen LogP contribution in [0.2, 0.25) is 0 Å². The Balaban J connectivity index is 1.51. The van der Waals surface area contributed by atoms with Crippen LogP contribution < -0.4 is 5.32 Å². The van der Waals surface area contributed by atoms with Gasteiger partial charge in [-0.2, -0.15) is 5.10 Å². The monoisotopic (exact) mass is 295 g/mol. The molecule has 3 aromatic rings. The number of hydrogen-bond acceptors (Lipinski definition) is 3. The Bertz CT molecular complexity index is 718. The first-order valence-corrected chi connectivity index (χ1v) is 7.18. The first kappa shape index (κ1) is 14.1. The summed E-state index contributed by atoms with van der Waals surface area (Å²) in [5, 5.41) is 6.99. The molecular formula is C16H17N5O. The molecule has 0 aliphatic carbocycles. The number of carbonyl (C=O) groups excluding carboxylic acids is 1. The van der Waals surface area contributed by atoms with Crippen LogP contribution in [0.25, 0.3) is 5.69 Å². The lowest BCUT2D eigenvalue weighted by Gasteiger charge is -2.03. The van der Waals surface area contributed by atoms with Crippen molar-refractivity contribution in [2.45, 2.75) is 13.0 Å². The molecule has 0 fully saturated rings. The van der Waals surface area contributed by atoms with Gasteiger partial charge in [0, 0.05) is 37.4 Å². The minimum absolute atomic E-state index is 0.157. The van der Waals surface area contributed by atoms with E-state index in [4.69, 9.17) is 0 Å². The Morgan fingerprint density at radius 3 is 2.82 bits per heavy atom. The van der Waals surface area contributed by atoms with Crippen molar-refractivity contribution in [1.82, 2.24) is 24.6 Å². The fraction of sp³-hybridized carbons (Fsp3) is 0.188. The molecule has 1 amide bonds. The molecule has 3 rings (SSSR count). The van der Waals surface area contributed by atoms with Crippen LogP contribution >= 0.6 is 0 Å². The van der Waals surface area contributed by atoms with E-state index in [1.54, 1.807) is 18.7 Å². The minimum atomic E-state index is -0.157. The number of para-hydroxylation sites is 1. The number of nitrogens with one attached hydrogen (secondary N) is 1. The van der Waals surface area contributed by atoms with Gasteiger partial charge in [0.05, 0.1) is 0 Å². The first-order valence-electron chi connectivity index (χ1n) is 7.18. The quantitative estimate of drug-likeness (QED) is 0.706. The molecule has 1 aromatic carbocycles. The van der Waals surface area contributed by atoms with Crippen LogP contribution in [0.15, 0.2) is 61.3 Å². The molecule has 2 heterocycles. The van der Waals surface area contributed by atoms with Gasteiger partial charge in [0.25, 0.3) is 5.91 Å². The first-order chi connectivity index (χ1) is 10.8. The topological polar surface area (TPSA) is 64.7 Å². The summed E-state index contributed by atoms with van der Waals surface area (Å²) in [4.78, 5) is 16.2. The summed E-state index contributed by atoms with van der Waals surface area (Å²) in [5.74, 6) is -0.157. The summed E-state index contributed by atoms with van der Waals surface area (Å²) < 4.78 is 3.68. The van der Waals surface area contributed by atoms with Gasteiger partial charge >= 0.3 is 0 Å². The Morgan fingerprint density at radius 2 is 2.05 bits per heavy atom. The lowest BCUT2D eigenvalue weighted by molar-refractivity contribution is 0.0948. The fourth-order valence-electron chi connectivity index (χ4n) is 2.15. The summed E-state index contributed by atoms with van der Waals surface area (Å²) >= 11 is 0. The molecule has 6 nitrogen and oxygen atoms in total. The number of nitrogens with zero attached hydrogens (tertiary/aromatic N) is 4. The molecule has 0 saturated carbocycles. The smallest absolute Gasteiger partial charge is 0.271 e. The second-order valence-corrected chi connectivity index (χ2v) is 4.88. The Labute approximate surface area is 128 Å². The Hall–Kier alpha value is -2.89. The van der Waals surface area contributed by atoms with Crippen molar-refractivity contribution >= 4 is 5.91 Å². The fourth-order valence-corrected chi connectivity index (χ4v) is 2.15. The molecule has 0 aliphatic rings. The van der Waals surface area contributed by atoms with Crippen molar-refractivity contribution in [2.24, 2.45) is 0 Å². The molecule has 0 aliphatic heterocycles. The van der Waals surface area contributed by atoms with Gasteiger partial charge in [0.1, 0.15) is 12.0 Å². The molecule has 0 spiro atoms. The summed E-state index contributed by atoms with van der Waals surface area (Å²) in [6.45, 7) is 1.38. The van der Waals surface area contributed by atoms with E-state index in [-0.39, 0.29) is 5.91 Å². The highest BCUT2D eigenvalue weighted by atomic mass is 16.1. The van der Waals surface area contributed by atoms with Crippen molar-refractivity contribution in [3.63, 3.8) is 0 Å². The molecular weight excluding hydrogens is 278 g/mol. The van der Waals surface area contributed by atoms with Crippen molar-refractivity contribution < 1.29 is 4.79 Å². The minimum Gasteiger partial charge on any atom is -0.351 e. The maximum absolute atomic E-state index is 12.0. The number of aryl methyl sites for hydroxylation is 1. The highest BCUT2D eigenvalue weighted by Crippen LogP contribution is 2.07. The van der Waals surface area contributed by atoms with Crippen molar-refractivity contribution in [3.05, 3.63) is 67.0 Å². The summed E-state index contributed by atoms with van der Waals surface area (Å²) in [5.41, 5.74) is 1.40. The molecule has 0 unspecified atom stereocenters. The zero-order valence-electron chi connectivity index (χ0n) is 12.1. The largest absolute Gasteiger partial charge is 0.351 e. The molecule has 0 bridgehead atoms.